The minimum Gasteiger partial charge on any atom is -0.342 e. The van der Waals surface area contributed by atoms with Gasteiger partial charge in [0.1, 0.15) is 0 Å². The van der Waals surface area contributed by atoms with Crippen LogP contribution in [0.25, 0.3) is 0 Å². The van der Waals surface area contributed by atoms with Gasteiger partial charge in [-0.1, -0.05) is 20.8 Å². The Hall–Kier alpha value is -0.570. The highest BCUT2D eigenvalue weighted by Crippen LogP contribution is 2.37. The maximum atomic E-state index is 12.3. The third-order valence-corrected chi connectivity index (χ3v) is 4.88. The van der Waals surface area contributed by atoms with E-state index < -0.39 is 0 Å². The van der Waals surface area contributed by atoms with E-state index in [1.807, 2.05) is 25.7 Å². The van der Waals surface area contributed by atoms with Gasteiger partial charge >= 0.3 is 0 Å². The Morgan fingerprint density at radius 3 is 2.05 bits per heavy atom. The maximum absolute atomic E-state index is 12.3. The van der Waals surface area contributed by atoms with Crippen molar-refractivity contribution in [1.29, 1.82) is 0 Å². The van der Waals surface area contributed by atoms with E-state index in [0.29, 0.717) is 11.5 Å². The van der Waals surface area contributed by atoms with Gasteiger partial charge in [0.2, 0.25) is 5.91 Å². The van der Waals surface area contributed by atoms with Gasteiger partial charge < -0.3 is 10.2 Å². The Morgan fingerprint density at radius 1 is 1.15 bits per heavy atom. The van der Waals surface area contributed by atoms with Gasteiger partial charge in [-0.2, -0.15) is 0 Å². The summed E-state index contributed by atoms with van der Waals surface area (Å²) >= 11 is 0. The lowest BCUT2D eigenvalue weighted by molar-refractivity contribution is -0.132. The first-order valence-corrected chi connectivity index (χ1v) is 8.34. The van der Waals surface area contributed by atoms with Crippen molar-refractivity contribution in [2.45, 2.75) is 79.3 Å². The van der Waals surface area contributed by atoms with Crippen molar-refractivity contribution in [1.82, 2.24) is 10.2 Å². The van der Waals surface area contributed by atoms with Crippen LogP contribution in [0.4, 0.5) is 0 Å². The van der Waals surface area contributed by atoms with Crippen molar-refractivity contribution in [3.63, 3.8) is 0 Å². The van der Waals surface area contributed by atoms with Crippen molar-refractivity contribution in [2.75, 3.05) is 13.1 Å². The second-order valence-electron chi connectivity index (χ2n) is 7.31. The lowest BCUT2D eigenvalue weighted by Crippen LogP contribution is -2.49. The SMILES string of the molecule is CCN(CC)C(=O)C(C)NC1CCC(C(C)(C)C)CC1. The Balaban J connectivity index is 2.42. The van der Waals surface area contributed by atoms with Crippen LogP contribution in [0.5, 0.6) is 0 Å². The molecule has 118 valence electrons. The molecule has 1 saturated carbocycles. The van der Waals surface area contributed by atoms with Crippen LogP contribution in [0.3, 0.4) is 0 Å². The molecule has 1 fully saturated rings. The average molecular weight is 282 g/mol. The highest BCUT2D eigenvalue weighted by Gasteiger charge is 2.31. The molecule has 0 aromatic rings. The van der Waals surface area contributed by atoms with Gasteiger partial charge in [0, 0.05) is 19.1 Å². The smallest absolute Gasteiger partial charge is 0.239 e. The fraction of sp³-hybridized carbons (Fsp3) is 0.941. The molecule has 1 aliphatic carbocycles. The summed E-state index contributed by atoms with van der Waals surface area (Å²) < 4.78 is 0. The van der Waals surface area contributed by atoms with Crippen molar-refractivity contribution >= 4 is 5.91 Å². The van der Waals surface area contributed by atoms with Gasteiger partial charge in [0.25, 0.3) is 0 Å². The minimum atomic E-state index is -0.0499. The van der Waals surface area contributed by atoms with E-state index >= 15 is 0 Å². The molecule has 1 aliphatic rings. The number of likely N-dealkylation sites (N-methyl/N-ethyl adjacent to an activating group) is 1. The fourth-order valence-corrected chi connectivity index (χ4v) is 3.36. The normalized spacial score (nSPS) is 25.3. The standard InChI is InChI=1S/C17H34N2O/c1-7-19(8-2)16(20)13(3)18-15-11-9-14(10-12-15)17(4,5)6/h13-15,18H,7-12H2,1-6H3. The molecule has 1 amide bonds. The summed E-state index contributed by atoms with van der Waals surface area (Å²) in [7, 11) is 0. The molecule has 0 aromatic carbocycles. The minimum absolute atomic E-state index is 0.0499. The molecular weight excluding hydrogens is 248 g/mol. The van der Waals surface area contributed by atoms with Gasteiger partial charge in [-0.05, 0) is 57.8 Å². The van der Waals surface area contributed by atoms with E-state index in [9.17, 15) is 4.79 Å². The van der Waals surface area contributed by atoms with E-state index in [2.05, 4.69) is 26.1 Å². The molecule has 0 heterocycles. The zero-order chi connectivity index (χ0) is 15.3. The van der Waals surface area contributed by atoms with Crippen LogP contribution in [0.1, 0.15) is 67.2 Å². The fourth-order valence-electron chi connectivity index (χ4n) is 3.36. The second-order valence-corrected chi connectivity index (χ2v) is 7.31. The number of carbonyl (C=O) groups excluding carboxylic acids is 1. The van der Waals surface area contributed by atoms with Crippen molar-refractivity contribution < 1.29 is 4.79 Å². The molecular formula is C17H34N2O. The van der Waals surface area contributed by atoms with Gasteiger partial charge in [-0.3, -0.25) is 4.79 Å². The molecule has 1 atom stereocenters. The van der Waals surface area contributed by atoms with Crippen LogP contribution in [0, 0.1) is 11.3 Å². The molecule has 0 aromatic heterocycles. The van der Waals surface area contributed by atoms with Gasteiger partial charge in [0.05, 0.1) is 6.04 Å². The first-order chi connectivity index (χ1) is 9.29. The molecule has 0 radical (unpaired) electrons. The van der Waals surface area contributed by atoms with E-state index in [1.165, 1.54) is 25.7 Å². The second kappa shape index (κ2) is 7.44. The molecule has 1 N–H and O–H groups in total. The molecule has 0 bridgehead atoms. The largest absolute Gasteiger partial charge is 0.342 e. The van der Waals surface area contributed by atoms with Gasteiger partial charge in [-0.25, -0.2) is 0 Å². The summed E-state index contributed by atoms with van der Waals surface area (Å²) in [5.41, 5.74) is 0.424. The first kappa shape index (κ1) is 17.5. The van der Waals surface area contributed by atoms with Gasteiger partial charge in [-0.15, -0.1) is 0 Å². The van der Waals surface area contributed by atoms with Crippen LogP contribution >= 0.6 is 0 Å². The summed E-state index contributed by atoms with van der Waals surface area (Å²) in [5, 5.41) is 3.55. The summed E-state index contributed by atoms with van der Waals surface area (Å²) in [5.74, 6) is 1.07. The van der Waals surface area contributed by atoms with Crippen LogP contribution < -0.4 is 5.32 Å². The average Bonchev–Trinajstić information content (AvgIpc) is 2.39. The Bertz CT molecular complexity index is 297. The summed E-state index contributed by atoms with van der Waals surface area (Å²) in [6, 6.07) is 0.467. The molecule has 1 rings (SSSR count). The van der Waals surface area contributed by atoms with Gasteiger partial charge in [0.15, 0.2) is 0 Å². The summed E-state index contributed by atoms with van der Waals surface area (Å²) in [6.45, 7) is 14.7. The topological polar surface area (TPSA) is 32.3 Å². The number of hydrogen-bond donors (Lipinski definition) is 1. The van der Waals surface area contributed by atoms with Crippen LogP contribution in [0.15, 0.2) is 0 Å². The molecule has 1 unspecified atom stereocenters. The number of amides is 1. The van der Waals surface area contributed by atoms with E-state index in [0.717, 1.165) is 19.0 Å². The zero-order valence-corrected chi connectivity index (χ0v) is 14.3. The number of nitrogens with one attached hydrogen (secondary N) is 1. The third-order valence-electron chi connectivity index (χ3n) is 4.88. The predicted octanol–water partition coefficient (Wildman–Crippen LogP) is 3.44. The number of carbonyl (C=O) groups is 1. The van der Waals surface area contributed by atoms with Crippen LogP contribution in [0.2, 0.25) is 0 Å². The van der Waals surface area contributed by atoms with Crippen molar-refractivity contribution in [3.8, 4) is 0 Å². The predicted molar refractivity (Wildman–Crippen MR) is 85.7 cm³/mol. The summed E-state index contributed by atoms with van der Waals surface area (Å²) in [6.07, 6.45) is 4.98. The molecule has 0 aliphatic heterocycles. The molecule has 3 heteroatoms. The third kappa shape index (κ3) is 4.76. The van der Waals surface area contributed by atoms with E-state index in [4.69, 9.17) is 0 Å². The highest BCUT2D eigenvalue weighted by atomic mass is 16.2. The first-order valence-electron chi connectivity index (χ1n) is 8.34. The Labute approximate surface area is 125 Å². The van der Waals surface area contributed by atoms with Crippen LogP contribution in [-0.2, 0) is 4.79 Å². The highest BCUT2D eigenvalue weighted by molar-refractivity contribution is 5.81. The van der Waals surface area contributed by atoms with E-state index in [-0.39, 0.29) is 11.9 Å². The number of hydrogen-bond acceptors (Lipinski definition) is 2. The quantitative estimate of drug-likeness (QED) is 0.838. The van der Waals surface area contributed by atoms with Crippen molar-refractivity contribution in [2.24, 2.45) is 11.3 Å². The number of rotatable bonds is 5. The van der Waals surface area contributed by atoms with Crippen LogP contribution in [-0.4, -0.2) is 36.0 Å². The molecule has 20 heavy (non-hydrogen) atoms. The lowest BCUT2D eigenvalue weighted by Gasteiger charge is -2.38. The summed E-state index contributed by atoms with van der Waals surface area (Å²) in [4.78, 5) is 14.2. The van der Waals surface area contributed by atoms with Crippen molar-refractivity contribution in [3.05, 3.63) is 0 Å². The Morgan fingerprint density at radius 2 is 1.65 bits per heavy atom. The maximum Gasteiger partial charge on any atom is 0.239 e. The zero-order valence-electron chi connectivity index (χ0n) is 14.3. The Kier molecular flexibility index (Phi) is 6.50. The van der Waals surface area contributed by atoms with E-state index in [1.54, 1.807) is 0 Å². The number of nitrogens with zero attached hydrogens (tertiary/aromatic N) is 1. The molecule has 0 spiro atoms. The molecule has 0 saturated heterocycles. The molecule has 3 nitrogen and oxygen atoms in total. The lowest BCUT2D eigenvalue weighted by atomic mass is 9.71. The monoisotopic (exact) mass is 282 g/mol.